The first-order valence-corrected chi connectivity index (χ1v) is 8.12. The minimum atomic E-state index is -3.65. The number of nitrogens with zero attached hydrogens (tertiary/aromatic N) is 1. The molecule has 7 heteroatoms. The molecule has 0 amide bonds. The summed E-state index contributed by atoms with van der Waals surface area (Å²) < 4.78 is 28.1. The lowest BCUT2D eigenvalue weighted by molar-refractivity contribution is 0.601. The summed E-state index contributed by atoms with van der Waals surface area (Å²) in [7, 11) is -3.65. The molecule has 0 aliphatic heterocycles. The van der Waals surface area contributed by atoms with Crippen molar-refractivity contribution >= 4 is 43.0 Å². The molecule has 20 heavy (non-hydrogen) atoms. The minimum absolute atomic E-state index is 0.0930. The molecule has 0 saturated carbocycles. The Morgan fingerprint density at radius 2 is 2.00 bits per heavy atom. The van der Waals surface area contributed by atoms with Crippen molar-refractivity contribution in [3.05, 3.63) is 48.0 Å². The molecule has 0 saturated heterocycles. The summed E-state index contributed by atoms with van der Waals surface area (Å²) in [6.07, 6.45) is 1.37. The largest absolute Gasteiger partial charge is 0.384 e. The molecule has 0 atom stereocenters. The van der Waals surface area contributed by atoms with E-state index in [1.165, 1.54) is 18.3 Å². The minimum Gasteiger partial charge on any atom is -0.384 e. The van der Waals surface area contributed by atoms with Gasteiger partial charge in [-0.1, -0.05) is 0 Å². The maximum atomic E-state index is 12.2. The van der Waals surface area contributed by atoms with Crippen LogP contribution in [0.1, 0.15) is 0 Å². The van der Waals surface area contributed by atoms with Crippen molar-refractivity contribution in [2.75, 3.05) is 10.5 Å². The normalized spacial score (nSPS) is 11.6. The summed E-state index contributed by atoms with van der Waals surface area (Å²) in [5.41, 5.74) is 6.03. The highest BCUT2D eigenvalue weighted by molar-refractivity contribution is 7.92. The highest BCUT2D eigenvalue weighted by Crippen LogP contribution is 2.25. The Morgan fingerprint density at radius 1 is 1.15 bits per heavy atom. The first-order chi connectivity index (χ1) is 9.54. The topological polar surface area (TPSA) is 85.1 Å². The fourth-order valence-electron chi connectivity index (χ4n) is 1.84. The smallest absolute Gasteiger partial charge is 0.262 e. The van der Waals surface area contributed by atoms with Crippen LogP contribution in [0.2, 0.25) is 0 Å². The van der Waals surface area contributed by atoms with E-state index in [9.17, 15) is 8.42 Å². The van der Waals surface area contributed by atoms with Crippen LogP contribution in [-0.2, 0) is 10.0 Å². The second-order valence-corrected chi connectivity index (χ2v) is 6.83. The van der Waals surface area contributed by atoms with Gasteiger partial charge < -0.3 is 5.73 Å². The van der Waals surface area contributed by atoms with Crippen LogP contribution in [0.4, 0.5) is 11.5 Å². The zero-order valence-electron chi connectivity index (χ0n) is 10.3. The van der Waals surface area contributed by atoms with Crippen molar-refractivity contribution in [1.82, 2.24) is 4.98 Å². The monoisotopic (exact) mass is 305 g/mol. The van der Waals surface area contributed by atoms with E-state index < -0.39 is 10.0 Å². The summed E-state index contributed by atoms with van der Waals surface area (Å²) in [6.45, 7) is 0. The molecule has 5 nitrogen and oxygen atoms in total. The third kappa shape index (κ3) is 2.45. The molecule has 0 bridgehead atoms. The van der Waals surface area contributed by atoms with Crippen molar-refractivity contribution < 1.29 is 8.42 Å². The number of sulfonamides is 1. The molecule has 0 radical (unpaired) electrons. The number of fused-ring (bicyclic) bond motifs is 1. The van der Waals surface area contributed by atoms with E-state index in [4.69, 9.17) is 5.73 Å². The first-order valence-electron chi connectivity index (χ1n) is 5.76. The maximum absolute atomic E-state index is 12.2. The van der Waals surface area contributed by atoms with Crippen molar-refractivity contribution in [1.29, 1.82) is 0 Å². The third-order valence-electron chi connectivity index (χ3n) is 2.77. The zero-order valence-corrected chi connectivity index (χ0v) is 11.9. The number of anilines is 2. The Hall–Kier alpha value is -2.12. The number of benzene rings is 1. The molecule has 3 aromatic rings. The summed E-state index contributed by atoms with van der Waals surface area (Å²) >= 11 is 1.61. The molecule has 102 valence electrons. The molecule has 2 aromatic heterocycles. The lowest BCUT2D eigenvalue weighted by Crippen LogP contribution is -2.13. The molecule has 3 rings (SSSR count). The van der Waals surface area contributed by atoms with Gasteiger partial charge in [0.25, 0.3) is 10.0 Å². The number of nitrogens with one attached hydrogen (secondary N) is 1. The van der Waals surface area contributed by atoms with Gasteiger partial charge in [-0.25, -0.2) is 13.4 Å². The Morgan fingerprint density at radius 3 is 2.80 bits per heavy atom. The molecular formula is C13H11N3O2S2. The number of hydrogen-bond acceptors (Lipinski definition) is 5. The lowest BCUT2D eigenvalue weighted by Gasteiger charge is -2.08. The zero-order chi connectivity index (χ0) is 14.2. The standard InChI is InChI=1S/C13H11N3O2S2/c14-13-8-11(3-5-15-13)20(17,18)16-10-1-2-12-9(7-10)4-6-19-12/h1-8,16H,(H2,14,15). The van der Waals surface area contributed by atoms with Crippen molar-refractivity contribution in [3.63, 3.8) is 0 Å². The highest BCUT2D eigenvalue weighted by atomic mass is 32.2. The average molecular weight is 305 g/mol. The lowest BCUT2D eigenvalue weighted by atomic mass is 10.2. The van der Waals surface area contributed by atoms with Crippen LogP contribution in [0.5, 0.6) is 0 Å². The fourth-order valence-corrected chi connectivity index (χ4v) is 3.68. The Kier molecular flexibility index (Phi) is 3.07. The second-order valence-electron chi connectivity index (χ2n) is 4.20. The van der Waals surface area contributed by atoms with Crippen LogP contribution in [0.25, 0.3) is 10.1 Å². The number of hydrogen-bond donors (Lipinski definition) is 2. The summed E-state index contributed by atoms with van der Waals surface area (Å²) in [4.78, 5) is 3.87. The number of rotatable bonds is 3. The number of pyridine rings is 1. The fraction of sp³-hybridized carbons (Fsp3) is 0. The van der Waals surface area contributed by atoms with Crippen LogP contribution >= 0.6 is 11.3 Å². The van der Waals surface area contributed by atoms with Gasteiger partial charge >= 0.3 is 0 Å². The Bertz CT molecular complexity index is 872. The predicted molar refractivity (Wildman–Crippen MR) is 81.3 cm³/mol. The summed E-state index contributed by atoms with van der Waals surface area (Å²) in [6, 6.07) is 10.1. The number of nitrogens with two attached hydrogens (primary N) is 1. The van der Waals surface area contributed by atoms with Gasteiger partial charge in [0.1, 0.15) is 5.82 Å². The quantitative estimate of drug-likeness (QED) is 0.779. The van der Waals surface area contributed by atoms with Crippen molar-refractivity contribution in [3.8, 4) is 0 Å². The van der Waals surface area contributed by atoms with Crippen LogP contribution < -0.4 is 10.5 Å². The number of thiophene rings is 1. The van der Waals surface area contributed by atoms with Crippen molar-refractivity contribution in [2.24, 2.45) is 0 Å². The van der Waals surface area contributed by atoms with Gasteiger partial charge in [0.15, 0.2) is 0 Å². The second kappa shape index (κ2) is 4.77. The molecule has 1 aromatic carbocycles. The highest BCUT2D eigenvalue weighted by Gasteiger charge is 2.14. The van der Waals surface area contributed by atoms with E-state index >= 15 is 0 Å². The molecular weight excluding hydrogens is 294 g/mol. The molecule has 0 aliphatic rings. The van der Waals surface area contributed by atoms with Gasteiger partial charge in [-0.05, 0) is 41.1 Å². The van der Waals surface area contributed by atoms with E-state index in [0.29, 0.717) is 5.69 Å². The van der Waals surface area contributed by atoms with E-state index in [0.717, 1.165) is 10.1 Å². The van der Waals surface area contributed by atoms with Gasteiger partial charge in [-0.15, -0.1) is 11.3 Å². The number of nitrogen functional groups attached to an aromatic ring is 1. The number of aromatic nitrogens is 1. The van der Waals surface area contributed by atoms with Gasteiger partial charge in [0.05, 0.1) is 4.90 Å². The van der Waals surface area contributed by atoms with Gasteiger partial charge in [0.2, 0.25) is 0 Å². The van der Waals surface area contributed by atoms with Crippen molar-refractivity contribution in [2.45, 2.75) is 4.90 Å². The summed E-state index contributed by atoms with van der Waals surface area (Å²) in [5.74, 6) is 0.168. The van der Waals surface area contributed by atoms with E-state index in [-0.39, 0.29) is 10.7 Å². The van der Waals surface area contributed by atoms with Crippen LogP contribution in [0.3, 0.4) is 0 Å². The maximum Gasteiger partial charge on any atom is 0.262 e. The van der Waals surface area contributed by atoms with Gasteiger partial charge in [0, 0.05) is 22.7 Å². The van der Waals surface area contributed by atoms with E-state index in [1.807, 2.05) is 17.5 Å². The molecule has 0 fully saturated rings. The third-order valence-corrected chi connectivity index (χ3v) is 5.04. The Balaban J connectivity index is 1.96. The van der Waals surface area contributed by atoms with Gasteiger partial charge in [-0.3, -0.25) is 4.72 Å². The van der Waals surface area contributed by atoms with Crippen LogP contribution in [-0.4, -0.2) is 13.4 Å². The molecule has 0 spiro atoms. The Labute approximate surface area is 120 Å². The van der Waals surface area contributed by atoms with Gasteiger partial charge in [-0.2, -0.15) is 0 Å². The van der Waals surface area contributed by atoms with E-state index in [1.54, 1.807) is 23.5 Å². The van der Waals surface area contributed by atoms with Crippen LogP contribution in [0.15, 0.2) is 52.9 Å². The average Bonchev–Trinajstić information content (AvgIpc) is 2.85. The molecule has 0 aliphatic carbocycles. The SMILES string of the molecule is Nc1cc(S(=O)(=O)Nc2ccc3sccc3c2)ccn1. The molecule has 2 heterocycles. The summed E-state index contributed by atoms with van der Waals surface area (Å²) in [5, 5.41) is 2.97. The van der Waals surface area contributed by atoms with E-state index in [2.05, 4.69) is 9.71 Å². The first kappa shape index (κ1) is 12.9. The molecule has 0 unspecified atom stereocenters. The predicted octanol–water partition coefficient (Wildman–Crippen LogP) is 2.68. The van der Waals surface area contributed by atoms with Crippen LogP contribution in [0, 0.1) is 0 Å². The molecule has 3 N–H and O–H groups in total.